The first-order chi connectivity index (χ1) is 15.7. The van der Waals surface area contributed by atoms with Crippen LogP contribution in [0.25, 0.3) is 16.3 Å². The minimum absolute atomic E-state index is 0.0459. The summed E-state index contributed by atoms with van der Waals surface area (Å²) in [7, 11) is 0. The molecule has 1 aliphatic rings. The predicted octanol–water partition coefficient (Wildman–Crippen LogP) is 4.61. The third-order valence-electron chi connectivity index (χ3n) is 5.53. The molecule has 0 atom stereocenters. The van der Waals surface area contributed by atoms with Crippen LogP contribution in [-0.4, -0.2) is 56.7 Å². The molecule has 1 aliphatic heterocycles. The fraction of sp³-hybridized carbons (Fsp3) is 0.208. The first-order valence-electron chi connectivity index (χ1n) is 10.5. The molecule has 2 aromatic carbocycles. The second kappa shape index (κ2) is 9.24. The van der Waals surface area contributed by atoms with Gasteiger partial charge in [-0.25, -0.2) is 9.67 Å². The first kappa shape index (κ1) is 20.9. The van der Waals surface area contributed by atoms with Crippen LogP contribution in [0.2, 0.25) is 5.02 Å². The smallest absolute Gasteiger partial charge is 0.274 e. The molecule has 0 radical (unpaired) electrons. The highest BCUT2D eigenvalue weighted by Gasteiger charge is 2.24. The number of amides is 1. The minimum atomic E-state index is -0.0459. The van der Waals surface area contributed by atoms with E-state index in [9.17, 15) is 4.79 Å². The van der Waals surface area contributed by atoms with E-state index in [0.717, 1.165) is 41.6 Å². The van der Waals surface area contributed by atoms with Gasteiger partial charge in [0.25, 0.3) is 5.91 Å². The van der Waals surface area contributed by atoms with Gasteiger partial charge in [-0.1, -0.05) is 54.1 Å². The zero-order valence-electron chi connectivity index (χ0n) is 17.4. The molecule has 0 spiro atoms. The number of hydrogen-bond donors (Lipinski definition) is 0. The van der Waals surface area contributed by atoms with Gasteiger partial charge >= 0.3 is 0 Å². The lowest BCUT2D eigenvalue weighted by atomic mass is 10.2. The number of piperazine rings is 1. The van der Waals surface area contributed by atoms with Gasteiger partial charge in [0.2, 0.25) is 0 Å². The fourth-order valence-electron chi connectivity index (χ4n) is 3.80. The molecule has 3 heterocycles. The second-order valence-electron chi connectivity index (χ2n) is 7.68. The number of hydrogen-bond acceptors (Lipinski definition) is 5. The third kappa shape index (κ3) is 4.46. The van der Waals surface area contributed by atoms with E-state index < -0.39 is 0 Å². The molecular weight excluding hydrogens is 442 g/mol. The van der Waals surface area contributed by atoms with E-state index in [1.807, 2.05) is 47.4 Å². The van der Waals surface area contributed by atoms with E-state index >= 15 is 0 Å². The van der Waals surface area contributed by atoms with Gasteiger partial charge in [0.05, 0.1) is 16.4 Å². The fourth-order valence-corrected chi connectivity index (χ4v) is 4.84. The number of aromatic nitrogens is 3. The van der Waals surface area contributed by atoms with Crippen LogP contribution in [-0.2, 0) is 6.54 Å². The molecule has 2 aromatic heterocycles. The van der Waals surface area contributed by atoms with Gasteiger partial charge in [0, 0.05) is 49.9 Å². The molecule has 0 saturated carbocycles. The Morgan fingerprint density at radius 1 is 0.969 bits per heavy atom. The molecule has 1 saturated heterocycles. The molecule has 0 bridgehead atoms. The Hall–Kier alpha value is -3.00. The Morgan fingerprint density at radius 2 is 1.72 bits per heavy atom. The largest absolute Gasteiger partial charge is 0.335 e. The van der Waals surface area contributed by atoms with E-state index in [4.69, 9.17) is 16.6 Å². The summed E-state index contributed by atoms with van der Waals surface area (Å²) in [5, 5.41) is 8.22. The van der Waals surface area contributed by atoms with Crippen LogP contribution in [0.4, 0.5) is 0 Å². The third-order valence-corrected chi connectivity index (χ3v) is 6.78. The predicted molar refractivity (Wildman–Crippen MR) is 127 cm³/mol. The molecule has 1 fully saturated rings. The average molecular weight is 464 g/mol. The van der Waals surface area contributed by atoms with Crippen molar-refractivity contribution in [2.75, 3.05) is 26.2 Å². The van der Waals surface area contributed by atoms with E-state index in [1.54, 1.807) is 28.3 Å². The van der Waals surface area contributed by atoms with Crippen molar-refractivity contribution in [3.8, 4) is 16.3 Å². The number of benzene rings is 2. The lowest BCUT2D eigenvalue weighted by molar-refractivity contribution is 0.0621. The van der Waals surface area contributed by atoms with Gasteiger partial charge in [0.15, 0.2) is 5.69 Å². The van der Waals surface area contributed by atoms with Crippen molar-refractivity contribution in [1.82, 2.24) is 24.6 Å². The number of carbonyl (C=O) groups is 1. The van der Waals surface area contributed by atoms with Gasteiger partial charge in [-0.05, 0) is 18.2 Å². The average Bonchev–Trinajstić information content (AvgIpc) is 3.50. The standard InChI is InChI=1S/C24H22ClN5OS/c25-20-8-4-5-9-22(20)30-11-10-21(27-30)24(31)29-14-12-28(13-15-29)16-19-17-32-23(26-19)18-6-2-1-3-7-18/h1-11,17H,12-16H2. The van der Waals surface area contributed by atoms with E-state index in [0.29, 0.717) is 23.8 Å². The van der Waals surface area contributed by atoms with Crippen LogP contribution in [0, 0.1) is 0 Å². The molecule has 8 heteroatoms. The van der Waals surface area contributed by atoms with Crippen molar-refractivity contribution in [3.63, 3.8) is 0 Å². The molecule has 1 amide bonds. The van der Waals surface area contributed by atoms with E-state index in [1.165, 1.54) is 0 Å². The maximum atomic E-state index is 12.9. The molecule has 4 aromatic rings. The Labute approximate surface area is 195 Å². The van der Waals surface area contributed by atoms with Gasteiger partial charge < -0.3 is 4.90 Å². The van der Waals surface area contributed by atoms with Crippen LogP contribution in [0.1, 0.15) is 16.2 Å². The van der Waals surface area contributed by atoms with Crippen molar-refractivity contribution < 1.29 is 4.79 Å². The highest BCUT2D eigenvalue weighted by atomic mass is 35.5. The molecule has 162 valence electrons. The number of nitrogens with zero attached hydrogens (tertiary/aromatic N) is 5. The summed E-state index contributed by atoms with van der Waals surface area (Å²) in [4.78, 5) is 21.9. The molecule has 0 unspecified atom stereocenters. The first-order valence-corrected chi connectivity index (χ1v) is 11.8. The van der Waals surface area contributed by atoms with Crippen LogP contribution < -0.4 is 0 Å². The second-order valence-corrected chi connectivity index (χ2v) is 8.94. The van der Waals surface area contributed by atoms with Gasteiger partial charge in [-0.3, -0.25) is 9.69 Å². The topological polar surface area (TPSA) is 54.3 Å². The quantitative estimate of drug-likeness (QED) is 0.434. The Kier molecular flexibility index (Phi) is 6.03. The number of rotatable bonds is 5. The SMILES string of the molecule is O=C(c1ccn(-c2ccccc2Cl)n1)N1CCN(Cc2csc(-c3ccccc3)n2)CC1. The van der Waals surface area contributed by atoms with Crippen molar-refractivity contribution >= 4 is 28.8 Å². The van der Waals surface area contributed by atoms with Gasteiger partial charge in [0.1, 0.15) is 5.01 Å². The monoisotopic (exact) mass is 463 g/mol. The molecule has 0 aliphatic carbocycles. The maximum absolute atomic E-state index is 12.9. The molecule has 32 heavy (non-hydrogen) atoms. The van der Waals surface area contributed by atoms with Crippen molar-refractivity contribution in [2.45, 2.75) is 6.54 Å². The summed E-state index contributed by atoms with van der Waals surface area (Å²) >= 11 is 7.92. The van der Waals surface area contributed by atoms with Crippen molar-refractivity contribution in [1.29, 1.82) is 0 Å². The van der Waals surface area contributed by atoms with Crippen molar-refractivity contribution in [3.05, 3.63) is 88.7 Å². The van der Waals surface area contributed by atoms with E-state index in [2.05, 4.69) is 27.5 Å². The lowest BCUT2D eigenvalue weighted by Crippen LogP contribution is -2.48. The summed E-state index contributed by atoms with van der Waals surface area (Å²) in [6.45, 7) is 3.78. The summed E-state index contributed by atoms with van der Waals surface area (Å²) in [6, 6.07) is 19.4. The number of halogens is 1. The number of carbonyl (C=O) groups excluding carboxylic acids is 1. The summed E-state index contributed by atoms with van der Waals surface area (Å²) in [5.74, 6) is -0.0459. The zero-order valence-corrected chi connectivity index (χ0v) is 19.0. The summed E-state index contributed by atoms with van der Waals surface area (Å²) in [5.41, 5.74) is 3.42. The number of para-hydroxylation sites is 1. The summed E-state index contributed by atoms with van der Waals surface area (Å²) in [6.07, 6.45) is 1.78. The Morgan fingerprint density at radius 3 is 2.50 bits per heavy atom. The zero-order chi connectivity index (χ0) is 21.9. The Balaban J connectivity index is 1.18. The van der Waals surface area contributed by atoms with Crippen LogP contribution in [0.5, 0.6) is 0 Å². The lowest BCUT2D eigenvalue weighted by Gasteiger charge is -2.34. The highest BCUT2D eigenvalue weighted by Crippen LogP contribution is 2.24. The Bertz CT molecular complexity index is 1210. The normalized spacial score (nSPS) is 14.6. The van der Waals surface area contributed by atoms with Gasteiger partial charge in [-0.2, -0.15) is 5.10 Å². The van der Waals surface area contributed by atoms with Gasteiger partial charge in [-0.15, -0.1) is 11.3 Å². The highest BCUT2D eigenvalue weighted by molar-refractivity contribution is 7.13. The molecular formula is C24H22ClN5OS. The molecule has 0 N–H and O–H groups in total. The van der Waals surface area contributed by atoms with Crippen LogP contribution >= 0.6 is 22.9 Å². The molecule has 5 rings (SSSR count). The van der Waals surface area contributed by atoms with E-state index in [-0.39, 0.29) is 5.91 Å². The van der Waals surface area contributed by atoms with Crippen LogP contribution in [0.3, 0.4) is 0 Å². The maximum Gasteiger partial charge on any atom is 0.274 e. The van der Waals surface area contributed by atoms with Crippen LogP contribution in [0.15, 0.2) is 72.2 Å². The molecule has 6 nitrogen and oxygen atoms in total. The summed E-state index contributed by atoms with van der Waals surface area (Å²) < 4.78 is 1.65. The van der Waals surface area contributed by atoms with Crippen molar-refractivity contribution in [2.24, 2.45) is 0 Å². The number of thiazole rings is 1. The minimum Gasteiger partial charge on any atom is -0.335 e.